The molecule has 6 heteroatoms. The smallest absolute Gasteiger partial charge is 0.158 e. The summed E-state index contributed by atoms with van der Waals surface area (Å²) < 4.78 is 3.55. The molecule has 0 radical (unpaired) electrons. The lowest BCUT2D eigenvalue weighted by Gasteiger charge is -2.01. The van der Waals surface area contributed by atoms with Gasteiger partial charge in [-0.1, -0.05) is 60.7 Å². The predicted octanol–water partition coefficient (Wildman–Crippen LogP) is 5.10. The average Bonchev–Trinajstić information content (AvgIpc) is 3.46. The van der Waals surface area contributed by atoms with Gasteiger partial charge in [0.05, 0.1) is 23.8 Å². The van der Waals surface area contributed by atoms with Crippen LogP contribution in [-0.2, 0) is 0 Å². The van der Waals surface area contributed by atoms with Gasteiger partial charge in [0.15, 0.2) is 11.3 Å². The Bertz CT molecular complexity index is 1430. The van der Waals surface area contributed by atoms with Gasteiger partial charge in [-0.2, -0.15) is 10.2 Å². The minimum atomic E-state index is 0.872. The Morgan fingerprint density at radius 1 is 0.613 bits per heavy atom. The first-order chi connectivity index (χ1) is 15.3. The maximum atomic E-state index is 4.61. The monoisotopic (exact) mass is 404 g/mol. The second-order valence-corrected chi connectivity index (χ2v) is 7.09. The molecule has 6 aromatic rings. The lowest BCUT2D eigenvalue weighted by molar-refractivity contribution is 0.941. The molecule has 6 nitrogen and oxygen atoms in total. The lowest BCUT2D eigenvalue weighted by Crippen LogP contribution is -1.92. The van der Waals surface area contributed by atoms with Crippen LogP contribution in [0.5, 0.6) is 0 Å². The van der Waals surface area contributed by atoms with Gasteiger partial charge in [0.25, 0.3) is 0 Å². The van der Waals surface area contributed by atoms with Crippen molar-refractivity contribution in [1.82, 2.24) is 29.2 Å². The van der Waals surface area contributed by atoms with Gasteiger partial charge in [-0.15, -0.1) is 0 Å². The van der Waals surface area contributed by atoms with Crippen LogP contribution in [0.2, 0.25) is 0 Å². The van der Waals surface area contributed by atoms with Crippen molar-refractivity contribution in [3.63, 3.8) is 0 Å². The molecule has 150 valence electrons. The number of hydrogen-bond donors (Lipinski definition) is 0. The molecule has 31 heavy (non-hydrogen) atoms. The topological polar surface area (TPSA) is 60.4 Å². The van der Waals surface area contributed by atoms with E-state index in [0.29, 0.717) is 0 Å². The van der Waals surface area contributed by atoms with Gasteiger partial charge in [0, 0.05) is 35.2 Å². The Labute approximate surface area is 179 Å². The molecule has 6 rings (SSSR count). The summed E-state index contributed by atoms with van der Waals surface area (Å²) in [5.74, 6) is 0. The van der Waals surface area contributed by atoms with E-state index in [1.807, 2.05) is 80.1 Å². The van der Waals surface area contributed by atoms with Crippen molar-refractivity contribution in [2.24, 2.45) is 0 Å². The summed E-state index contributed by atoms with van der Waals surface area (Å²) in [4.78, 5) is 9.11. The van der Waals surface area contributed by atoms with Crippen molar-refractivity contribution < 1.29 is 0 Å². The normalized spacial score (nSPS) is 10.7. The molecule has 0 atom stereocenters. The summed E-state index contributed by atoms with van der Waals surface area (Å²) in [5.41, 5.74) is 7.10. The Morgan fingerprint density at radius 2 is 1.23 bits per heavy atom. The van der Waals surface area contributed by atoms with Crippen LogP contribution in [0.15, 0.2) is 104 Å². The summed E-state index contributed by atoms with van der Waals surface area (Å²) in [6.07, 6.45) is 7.44. The molecule has 4 heterocycles. The van der Waals surface area contributed by atoms with Crippen LogP contribution in [0.1, 0.15) is 5.56 Å². The minimum absolute atomic E-state index is 0.872. The fourth-order valence-electron chi connectivity index (χ4n) is 3.33. The van der Waals surface area contributed by atoms with Crippen LogP contribution < -0.4 is 0 Å². The van der Waals surface area contributed by atoms with Gasteiger partial charge < -0.3 is 0 Å². The van der Waals surface area contributed by atoms with Crippen LogP contribution in [-0.4, -0.2) is 29.2 Å². The quantitative estimate of drug-likeness (QED) is 0.403. The lowest BCUT2D eigenvalue weighted by atomic mass is 10.1. The molecule has 4 aromatic heterocycles. The molecule has 0 amide bonds. The second kappa shape index (κ2) is 8.20. The van der Waals surface area contributed by atoms with Crippen LogP contribution in [0.3, 0.4) is 0 Å². The van der Waals surface area contributed by atoms with Crippen molar-refractivity contribution in [3.8, 4) is 22.5 Å². The van der Waals surface area contributed by atoms with Crippen LogP contribution in [0, 0.1) is 6.92 Å². The first kappa shape index (κ1) is 18.7. The van der Waals surface area contributed by atoms with E-state index in [4.69, 9.17) is 0 Å². The summed E-state index contributed by atoms with van der Waals surface area (Å²) in [6.45, 7) is 2.02. The average molecular weight is 404 g/mol. The van der Waals surface area contributed by atoms with Crippen LogP contribution in [0.4, 0.5) is 0 Å². The number of aryl methyl sites for hydroxylation is 1. The molecule has 2 aromatic carbocycles. The molecular weight excluding hydrogens is 384 g/mol. The van der Waals surface area contributed by atoms with E-state index in [2.05, 4.69) is 44.4 Å². The van der Waals surface area contributed by atoms with Gasteiger partial charge in [0.1, 0.15) is 0 Å². The van der Waals surface area contributed by atoms with Gasteiger partial charge in [0.2, 0.25) is 0 Å². The molecule has 0 bridgehead atoms. The highest BCUT2D eigenvalue weighted by atomic mass is 15.2. The van der Waals surface area contributed by atoms with Gasteiger partial charge >= 0.3 is 0 Å². The van der Waals surface area contributed by atoms with Crippen LogP contribution >= 0.6 is 0 Å². The Morgan fingerprint density at radius 3 is 1.90 bits per heavy atom. The third-order valence-corrected chi connectivity index (χ3v) is 4.94. The van der Waals surface area contributed by atoms with E-state index in [-0.39, 0.29) is 0 Å². The highest BCUT2D eigenvalue weighted by Gasteiger charge is 2.04. The standard InChI is InChI=1S/C13H11N3.C12H9N3/c1-10-9-14-16-8-7-12(15-13(10)16)11-5-3-2-4-6-11;1-2-4-10(5-3-1)11-7-9-15-12(14-11)6-8-13-15/h2-9H,1H3;1-9H. The molecule has 0 aliphatic carbocycles. The first-order valence-corrected chi connectivity index (χ1v) is 10.0. The first-order valence-electron chi connectivity index (χ1n) is 10.0. The number of rotatable bonds is 2. The van der Waals surface area contributed by atoms with Crippen molar-refractivity contribution in [2.75, 3.05) is 0 Å². The zero-order chi connectivity index (χ0) is 21.0. The number of aromatic nitrogens is 6. The van der Waals surface area contributed by atoms with Gasteiger partial charge in [-0.3, -0.25) is 0 Å². The highest BCUT2D eigenvalue weighted by molar-refractivity contribution is 5.62. The summed E-state index contributed by atoms with van der Waals surface area (Å²) in [5, 5.41) is 8.31. The molecular formula is C25H20N6. The van der Waals surface area contributed by atoms with E-state index in [0.717, 1.165) is 39.4 Å². The zero-order valence-electron chi connectivity index (χ0n) is 17.0. The minimum Gasteiger partial charge on any atom is -0.229 e. The van der Waals surface area contributed by atoms with E-state index >= 15 is 0 Å². The molecule has 0 fully saturated rings. The zero-order valence-corrected chi connectivity index (χ0v) is 17.0. The Hall–Kier alpha value is -4.32. The number of benzene rings is 2. The van der Waals surface area contributed by atoms with E-state index in [9.17, 15) is 0 Å². The predicted molar refractivity (Wildman–Crippen MR) is 122 cm³/mol. The van der Waals surface area contributed by atoms with Crippen molar-refractivity contribution >= 4 is 11.3 Å². The number of hydrogen-bond acceptors (Lipinski definition) is 4. The number of fused-ring (bicyclic) bond motifs is 2. The third-order valence-electron chi connectivity index (χ3n) is 4.94. The maximum absolute atomic E-state index is 4.61. The number of nitrogens with zero attached hydrogens (tertiary/aromatic N) is 6. The molecule has 0 saturated carbocycles. The highest BCUT2D eigenvalue weighted by Crippen LogP contribution is 2.18. The summed E-state index contributed by atoms with van der Waals surface area (Å²) >= 11 is 0. The van der Waals surface area contributed by atoms with E-state index in [1.165, 1.54) is 0 Å². The van der Waals surface area contributed by atoms with E-state index in [1.54, 1.807) is 15.2 Å². The molecule has 0 aliphatic heterocycles. The van der Waals surface area contributed by atoms with Gasteiger partial charge in [-0.25, -0.2) is 19.0 Å². The Kier molecular flexibility index (Phi) is 4.94. The molecule has 0 saturated heterocycles. The molecule has 0 spiro atoms. The SMILES string of the molecule is Cc1cnn2ccc(-c3ccccc3)nc12.c1ccc(-c2ccn3nccc3n2)cc1. The molecule has 0 N–H and O–H groups in total. The fraction of sp³-hybridized carbons (Fsp3) is 0.0400. The summed E-state index contributed by atoms with van der Waals surface area (Å²) in [7, 11) is 0. The van der Waals surface area contributed by atoms with Crippen LogP contribution in [0.25, 0.3) is 33.8 Å². The fourth-order valence-corrected chi connectivity index (χ4v) is 3.33. The van der Waals surface area contributed by atoms with E-state index < -0.39 is 0 Å². The molecule has 0 aliphatic rings. The Balaban J connectivity index is 0.000000132. The van der Waals surface area contributed by atoms with Crippen molar-refractivity contribution in [3.05, 3.63) is 109 Å². The van der Waals surface area contributed by atoms with Gasteiger partial charge in [-0.05, 0) is 19.1 Å². The third kappa shape index (κ3) is 3.91. The maximum Gasteiger partial charge on any atom is 0.158 e. The largest absolute Gasteiger partial charge is 0.229 e. The van der Waals surface area contributed by atoms with Crippen molar-refractivity contribution in [2.45, 2.75) is 6.92 Å². The summed E-state index contributed by atoms with van der Waals surface area (Å²) in [6, 6.07) is 26.1. The second-order valence-electron chi connectivity index (χ2n) is 7.09. The molecule has 0 unspecified atom stereocenters. The van der Waals surface area contributed by atoms with Crippen molar-refractivity contribution in [1.29, 1.82) is 0 Å².